The van der Waals surface area contributed by atoms with Gasteiger partial charge in [-0.2, -0.15) is 0 Å². The molecule has 0 spiro atoms. The number of carbonyl (C=O) groups is 1. The van der Waals surface area contributed by atoms with Crippen LogP contribution in [0.1, 0.15) is 35.8 Å². The van der Waals surface area contributed by atoms with Crippen LogP contribution in [0.2, 0.25) is 0 Å². The molecular formula is C12H21N3OS. The van der Waals surface area contributed by atoms with E-state index in [1.165, 1.54) is 4.88 Å². The number of aromatic nitrogens is 1. The molecule has 1 atom stereocenters. The first-order valence-corrected chi connectivity index (χ1v) is 6.80. The van der Waals surface area contributed by atoms with Crippen LogP contribution < -0.4 is 10.6 Å². The number of nitrogens with zero attached hydrogens (tertiary/aromatic N) is 1. The lowest BCUT2D eigenvalue weighted by atomic mass is 10.3. The maximum absolute atomic E-state index is 11.6. The number of aryl methyl sites for hydroxylation is 2. The lowest BCUT2D eigenvalue weighted by molar-refractivity contribution is -0.122. The number of thiazole rings is 1. The molecule has 0 radical (unpaired) electrons. The van der Waals surface area contributed by atoms with Crippen LogP contribution in [-0.4, -0.2) is 23.5 Å². The van der Waals surface area contributed by atoms with Crippen LogP contribution in [0, 0.1) is 13.8 Å². The average molecular weight is 255 g/mol. The zero-order valence-corrected chi connectivity index (χ0v) is 11.8. The third kappa shape index (κ3) is 4.44. The Morgan fingerprint density at radius 2 is 2.18 bits per heavy atom. The highest BCUT2D eigenvalue weighted by Gasteiger charge is 2.12. The van der Waals surface area contributed by atoms with Gasteiger partial charge in [0.05, 0.1) is 11.7 Å². The molecule has 96 valence electrons. The average Bonchev–Trinajstić information content (AvgIpc) is 2.62. The minimum Gasteiger partial charge on any atom is -0.355 e. The third-order valence-electron chi connectivity index (χ3n) is 2.57. The summed E-state index contributed by atoms with van der Waals surface area (Å²) in [4.78, 5) is 17.3. The van der Waals surface area contributed by atoms with Gasteiger partial charge >= 0.3 is 0 Å². The molecule has 1 rings (SSSR count). The Morgan fingerprint density at radius 3 is 2.71 bits per heavy atom. The largest absolute Gasteiger partial charge is 0.355 e. The predicted octanol–water partition coefficient (Wildman–Crippen LogP) is 1.76. The van der Waals surface area contributed by atoms with Gasteiger partial charge in [0.2, 0.25) is 5.91 Å². The molecule has 0 aliphatic carbocycles. The summed E-state index contributed by atoms with van der Waals surface area (Å²) in [6.07, 6.45) is 0.962. The van der Waals surface area contributed by atoms with Gasteiger partial charge in [-0.25, -0.2) is 4.98 Å². The van der Waals surface area contributed by atoms with Gasteiger partial charge in [0.15, 0.2) is 0 Å². The normalized spacial score (nSPS) is 12.5. The quantitative estimate of drug-likeness (QED) is 0.814. The molecule has 0 aromatic carbocycles. The molecule has 17 heavy (non-hydrogen) atoms. The Bertz CT molecular complexity index is 356. The fraction of sp³-hybridized carbons (Fsp3) is 0.667. The van der Waals surface area contributed by atoms with E-state index in [0.29, 0.717) is 6.54 Å². The van der Waals surface area contributed by atoms with Gasteiger partial charge in [-0.3, -0.25) is 10.1 Å². The van der Waals surface area contributed by atoms with Crippen LogP contribution in [0.3, 0.4) is 0 Å². The summed E-state index contributed by atoms with van der Waals surface area (Å²) < 4.78 is 0. The Labute approximate surface area is 107 Å². The van der Waals surface area contributed by atoms with Gasteiger partial charge in [-0.1, -0.05) is 6.92 Å². The maximum atomic E-state index is 11.6. The first-order chi connectivity index (χ1) is 8.04. The molecule has 0 bridgehead atoms. The zero-order chi connectivity index (χ0) is 12.8. The molecule has 2 N–H and O–H groups in total. The van der Waals surface area contributed by atoms with Crippen LogP contribution in [0.15, 0.2) is 0 Å². The van der Waals surface area contributed by atoms with Crippen molar-refractivity contribution in [1.29, 1.82) is 0 Å². The number of hydrogen-bond donors (Lipinski definition) is 2. The summed E-state index contributed by atoms with van der Waals surface area (Å²) in [6, 6.07) is -0.175. The van der Waals surface area contributed by atoms with Crippen LogP contribution in [0.25, 0.3) is 0 Å². The van der Waals surface area contributed by atoms with E-state index in [1.54, 1.807) is 11.3 Å². The maximum Gasteiger partial charge on any atom is 0.236 e. The van der Waals surface area contributed by atoms with Gasteiger partial charge in [-0.15, -0.1) is 11.3 Å². The molecule has 0 fully saturated rings. The first kappa shape index (κ1) is 14.1. The summed E-state index contributed by atoms with van der Waals surface area (Å²) in [7, 11) is 0. The van der Waals surface area contributed by atoms with Crippen molar-refractivity contribution < 1.29 is 4.79 Å². The van der Waals surface area contributed by atoms with E-state index in [1.807, 2.05) is 20.8 Å². The molecule has 5 heteroatoms. The number of nitrogens with one attached hydrogen (secondary N) is 2. The van der Waals surface area contributed by atoms with Gasteiger partial charge in [0.25, 0.3) is 0 Å². The monoisotopic (exact) mass is 255 g/mol. The van der Waals surface area contributed by atoms with Crippen molar-refractivity contribution in [1.82, 2.24) is 15.6 Å². The molecular weight excluding hydrogens is 234 g/mol. The van der Waals surface area contributed by atoms with Crippen molar-refractivity contribution in [3.63, 3.8) is 0 Å². The fourth-order valence-corrected chi connectivity index (χ4v) is 2.23. The first-order valence-electron chi connectivity index (χ1n) is 5.98. The number of hydrogen-bond acceptors (Lipinski definition) is 4. The van der Waals surface area contributed by atoms with E-state index in [-0.39, 0.29) is 11.9 Å². The van der Waals surface area contributed by atoms with Gasteiger partial charge in [0.1, 0.15) is 5.01 Å². The van der Waals surface area contributed by atoms with Crippen LogP contribution in [0.5, 0.6) is 0 Å². The topological polar surface area (TPSA) is 54.0 Å². The van der Waals surface area contributed by atoms with Gasteiger partial charge < -0.3 is 5.32 Å². The summed E-state index contributed by atoms with van der Waals surface area (Å²) in [6.45, 7) is 9.37. The van der Waals surface area contributed by atoms with Crippen molar-refractivity contribution in [3.8, 4) is 0 Å². The molecule has 0 aliphatic heterocycles. The zero-order valence-electron chi connectivity index (χ0n) is 11.0. The van der Waals surface area contributed by atoms with Gasteiger partial charge in [-0.05, 0) is 27.2 Å². The molecule has 1 aromatic rings. The summed E-state index contributed by atoms with van der Waals surface area (Å²) in [5.41, 5.74) is 1.08. The molecule has 1 aromatic heterocycles. The van der Waals surface area contributed by atoms with Crippen molar-refractivity contribution in [2.75, 3.05) is 6.54 Å². The Hall–Kier alpha value is -0.940. The third-order valence-corrected chi connectivity index (χ3v) is 3.65. The smallest absolute Gasteiger partial charge is 0.236 e. The lowest BCUT2D eigenvalue weighted by Crippen LogP contribution is -2.42. The summed E-state index contributed by atoms with van der Waals surface area (Å²) >= 11 is 1.68. The molecule has 1 heterocycles. The number of rotatable bonds is 6. The van der Waals surface area contributed by atoms with E-state index in [9.17, 15) is 4.79 Å². The highest BCUT2D eigenvalue weighted by Crippen LogP contribution is 2.15. The Kier molecular flexibility index (Phi) is 5.58. The van der Waals surface area contributed by atoms with Crippen LogP contribution in [-0.2, 0) is 11.3 Å². The predicted molar refractivity (Wildman–Crippen MR) is 71.2 cm³/mol. The Balaban J connectivity index is 2.37. The van der Waals surface area contributed by atoms with E-state index < -0.39 is 0 Å². The van der Waals surface area contributed by atoms with Crippen molar-refractivity contribution in [2.45, 2.75) is 46.7 Å². The minimum atomic E-state index is -0.175. The Morgan fingerprint density at radius 1 is 1.47 bits per heavy atom. The second-order valence-electron chi connectivity index (χ2n) is 4.14. The fourth-order valence-electron chi connectivity index (χ4n) is 1.35. The van der Waals surface area contributed by atoms with E-state index in [4.69, 9.17) is 0 Å². The van der Waals surface area contributed by atoms with Crippen molar-refractivity contribution in [2.24, 2.45) is 0 Å². The minimum absolute atomic E-state index is 0.0526. The molecule has 0 aliphatic rings. The molecule has 4 nitrogen and oxygen atoms in total. The highest BCUT2D eigenvalue weighted by molar-refractivity contribution is 7.11. The van der Waals surface area contributed by atoms with Gasteiger partial charge in [0, 0.05) is 18.0 Å². The number of carbonyl (C=O) groups excluding carboxylic acids is 1. The second-order valence-corrected chi connectivity index (χ2v) is 5.43. The lowest BCUT2D eigenvalue weighted by Gasteiger charge is -2.12. The second kappa shape index (κ2) is 6.71. The molecule has 1 amide bonds. The molecule has 0 saturated heterocycles. The summed E-state index contributed by atoms with van der Waals surface area (Å²) in [5, 5.41) is 7.09. The van der Waals surface area contributed by atoms with E-state index in [2.05, 4.69) is 22.5 Å². The molecule has 0 saturated carbocycles. The number of amides is 1. The van der Waals surface area contributed by atoms with Crippen molar-refractivity contribution >= 4 is 17.2 Å². The van der Waals surface area contributed by atoms with Crippen LogP contribution in [0.4, 0.5) is 0 Å². The van der Waals surface area contributed by atoms with Crippen LogP contribution >= 0.6 is 11.3 Å². The van der Waals surface area contributed by atoms with E-state index >= 15 is 0 Å². The van der Waals surface area contributed by atoms with Crippen molar-refractivity contribution in [3.05, 3.63) is 15.6 Å². The SMILES string of the molecule is CCCNC(=O)C(C)NCc1nc(C)c(C)s1. The van der Waals surface area contributed by atoms with E-state index in [0.717, 1.165) is 23.7 Å². The summed E-state index contributed by atoms with van der Waals surface area (Å²) in [5.74, 6) is 0.0526. The highest BCUT2D eigenvalue weighted by atomic mass is 32.1. The molecule has 1 unspecified atom stereocenters. The standard InChI is InChI=1S/C12H21N3OS/c1-5-6-13-12(16)9(3)14-7-11-15-8(2)10(4)17-11/h9,14H,5-7H2,1-4H3,(H,13,16).